The lowest BCUT2D eigenvalue weighted by molar-refractivity contribution is 0.471. The zero-order chi connectivity index (χ0) is 20.9. The number of aliphatic imine (C=N–C) groups is 1. The second-order valence-electron chi connectivity index (χ2n) is 6.38. The third-order valence-electron chi connectivity index (χ3n) is 4.25. The Kier molecular flexibility index (Phi) is 6.21. The molecule has 1 aromatic heterocycles. The van der Waals surface area contributed by atoms with Gasteiger partial charge < -0.3 is 5.11 Å². The van der Waals surface area contributed by atoms with Crippen molar-refractivity contribution in [2.45, 2.75) is 0 Å². The van der Waals surface area contributed by atoms with Gasteiger partial charge in [-0.2, -0.15) is 5.10 Å². The lowest BCUT2D eigenvalue weighted by Crippen LogP contribution is -1.90. The van der Waals surface area contributed by atoms with Crippen LogP contribution in [0.5, 0.6) is 5.75 Å². The molecule has 1 heterocycles. The van der Waals surface area contributed by atoms with E-state index in [0.29, 0.717) is 16.0 Å². The maximum atomic E-state index is 10.3. The van der Waals surface area contributed by atoms with E-state index < -0.39 is 0 Å². The summed E-state index contributed by atoms with van der Waals surface area (Å²) in [6.45, 7) is 0. The van der Waals surface area contributed by atoms with Gasteiger partial charge in [-0.15, -0.1) is 0 Å². The Balaban J connectivity index is 1.74. The number of nitrogens with zero attached hydrogens (tertiary/aromatic N) is 4. The Bertz CT molecular complexity index is 1220. The maximum Gasteiger partial charge on any atom is 0.251 e. The van der Waals surface area contributed by atoms with E-state index in [-0.39, 0.29) is 5.75 Å². The van der Waals surface area contributed by atoms with Crippen LogP contribution in [0.1, 0.15) is 11.1 Å². The Morgan fingerprint density at radius 2 is 1.60 bits per heavy atom. The number of hydrogen-bond donors (Lipinski definition) is 1. The molecule has 0 aliphatic rings. The van der Waals surface area contributed by atoms with Crippen molar-refractivity contribution in [3.8, 4) is 17.0 Å². The minimum atomic E-state index is 0.108. The Labute approximate surface area is 190 Å². The van der Waals surface area contributed by atoms with Crippen molar-refractivity contribution in [1.29, 1.82) is 0 Å². The van der Waals surface area contributed by atoms with Gasteiger partial charge in [-0.05, 0) is 33.6 Å². The molecule has 0 bridgehead atoms. The lowest BCUT2D eigenvalue weighted by atomic mass is 10.2. The third kappa shape index (κ3) is 4.75. The molecule has 0 atom stereocenters. The molecule has 5 nitrogen and oxygen atoms in total. The summed E-state index contributed by atoms with van der Waals surface area (Å²) in [5.74, 6) is 0.507. The molecule has 0 saturated carbocycles. The summed E-state index contributed by atoms with van der Waals surface area (Å²) in [7, 11) is 0. The molecule has 4 aromatic rings. The van der Waals surface area contributed by atoms with Crippen molar-refractivity contribution in [3.05, 3.63) is 99.1 Å². The molecule has 0 aliphatic carbocycles. The summed E-state index contributed by atoms with van der Waals surface area (Å²) in [5, 5.41) is 14.8. The van der Waals surface area contributed by atoms with Gasteiger partial charge in [-0.25, -0.2) is 14.7 Å². The van der Waals surface area contributed by atoms with Gasteiger partial charge in [0, 0.05) is 21.8 Å². The van der Waals surface area contributed by atoms with E-state index in [1.165, 1.54) is 0 Å². The topological polar surface area (TPSA) is 62.8 Å². The molecule has 0 saturated heterocycles. The summed E-state index contributed by atoms with van der Waals surface area (Å²) >= 11 is 6.76. The smallest absolute Gasteiger partial charge is 0.251 e. The summed E-state index contributed by atoms with van der Waals surface area (Å²) in [6.07, 6.45) is 5.15. The second kappa shape index (κ2) is 9.19. The first-order valence-corrected chi connectivity index (χ1v) is 10.6. The standard InChI is InChI=1S/C23H16Br2N4O/c24-19-11-18(22(30)20(25)12-19)14-26-23-28-21(17-9-5-2-6-10-17)15-29(23)27-13-16-7-3-1-4-8-16/h1-15,30H. The summed E-state index contributed by atoms with van der Waals surface area (Å²) < 4.78 is 3.02. The number of aromatic nitrogens is 2. The average Bonchev–Trinajstić information content (AvgIpc) is 3.18. The fourth-order valence-electron chi connectivity index (χ4n) is 2.76. The van der Waals surface area contributed by atoms with Crippen molar-refractivity contribution in [2.24, 2.45) is 10.1 Å². The number of hydrogen-bond acceptors (Lipinski definition) is 4. The van der Waals surface area contributed by atoms with E-state index in [4.69, 9.17) is 0 Å². The number of phenolic OH excluding ortho intramolecular Hbond substituents is 1. The first-order valence-electron chi connectivity index (χ1n) is 9.06. The molecule has 0 aliphatic heterocycles. The fourth-order valence-corrected chi connectivity index (χ4v) is 4.02. The van der Waals surface area contributed by atoms with Crippen molar-refractivity contribution in [1.82, 2.24) is 9.66 Å². The summed E-state index contributed by atoms with van der Waals surface area (Å²) in [4.78, 5) is 9.12. The minimum absolute atomic E-state index is 0.108. The molecule has 30 heavy (non-hydrogen) atoms. The quantitative estimate of drug-likeness (QED) is 0.307. The molecule has 7 heteroatoms. The molecule has 1 N–H and O–H groups in total. The molecule has 148 valence electrons. The zero-order valence-electron chi connectivity index (χ0n) is 15.7. The third-order valence-corrected chi connectivity index (χ3v) is 5.31. The first-order chi connectivity index (χ1) is 14.6. The Morgan fingerprint density at radius 3 is 2.33 bits per heavy atom. The van der Waals surface area contributed by atoms with Gasteiger partial charge in [0.1, 0.15) is 5.75 Å². The summed E-state index contributed by atoms with van der Waals surface area (Å²) in [6, 6.07) is 23.2. The zero-order valence-corrected chi connectivity index (χ0v) is 18.8. The van der Waals surface area contributed by atoms with E-state index >= 15 is 0 Å². The second-order valence-corrected chi connectivity index (χ2v) is 8.15. The molecule has 0 fully saturated rings. The van der Waals surface area contributed by atoms with Gasteiger partial charge in [0.25, 0.3) is 5.95 Å². The lowest BCUT2D eigenvalue weighted by Gasteiger charge is -2.02. The van der Waals surface area contributed by atoms with E-state index in [1.807, 2.05) is 66.9 Å². The van der Waals surface area contributed by atoms with Gasteiger partial charge in [-0.3, -0.25) is 0 Å². The number of phenols is 1. The van der Waals surface area contributed by atoms with Crippen LogP contribution in [0.25, 0.3) is 11.3 Å². The summed E-state index contributed by atoms with van der Waals surface area (Å²) in [5.41, 5.74) is 3.25. The van der Waals surface area contributed by atoms with Crippen LogP contribution < -0.4 is 0 Å². The van der Waals surface area contributed by atoms with Gasteiger partial charge in [0.05, 0.1) is 22.6 Å². The van der Waals surface area contributed by atoms with Crippen LogP contribution in [0, 0.1) is 0 Å². The highest BCUT2D eigenvalue weighted by atomic mass is 79.9. The maximum absolute atomic E-state index is 10.3. The van der Waals surface area contributed by atoms with Crippen LogP contribution in [0.15, 0.2) is 98.0 Å². The molecule has 0 amide bonds. The van der Waals surface area contributed by atoms with Crippen molar-refractivity contribution in [3.63, 3.8) is 0 Å². The monoisotopic (exact) mass is 522 g/mol. The number of aromatic hydroxyl groups is 1. The van der Waals surface area contributed by atoms with Crippen molar-refractivity contribution in [2.75, 3.05) is 0 Å². The molecule has 4 rings (SSSR count). The minimum Gasteiger partial charge on any atom is -0.506 e. The van der Waals surface area contributed by atoms with Crippen LogP contribution in [-0.2, 0) is 0 Å². The average molecular weight is 524 g/mol. The van der Waals surface area contributed by atoms with Crippen LogP contribution in [-0.4, -0.2) is 27.2 Å². The van der Waals surface area contributed by atoms with Crippen LogP contribution in [0.4, 0.5) is 5.95 Å². The predicted molar refractivity (Wildman–Crippen MR) is 128 cm³/mol. The predicted octanol–water partition coefficient (Wildman–Crippen LogP) is 6.41. The fraction of sp³-hybridized carbons (Fsp3) is 0. The highest BCUT2D eigenvalue weighted by Gasteiger charge is 2.10. The van der Waals surface area contributed by atoms with Gasteiger partial charge in [0.15, 0.2) is 0 Å². The van der Waals surface area contributed by atoms with E-state index in [0.717, 1.165) is 21.3 Å². The highest BCUT2D eigenvalue weighted by Crippen LogP contribution is 2.31. The van der Waals surface area contributed by atoms with Crippen molar-refractivity contribution >= 4 is 50.2 Å². The largest absolute Gasteiger partial charge is 0.506 e. The van der Waals surface area contributed by atoms with Crippen molar-refractivity contribution < 1.29 is 5.11 Å². The number of rotatable bonds is 5. The van der Waals surface area contributed by atoms with Gasteiger partial charge >= 0.3 is 0 Å². The first kappa shape index (κ1) is 20.3. The molecule has 3 aromatic carbocycles. The normalized spacial score (nSPS) is 11.5. The van der Waals surface area contributed by atoms with E-state index in [9.17, 15) is 5.11 Å². The van der Waals surface area contributed by atoms with Gasteiger partial charge in [-0.1, -0.05) is 76.6 Å². The Hall–Kier alpha value is -3.03. The number of benzene rings is 3. The Morgan fingerprint density at radius 1 is 0.900 bits per heavy atom. The molecule has 0 spiro atoms. The molecule has 0 unspecified atom stereocenters. The molecule has 0 radical (unpaired) electrons. The van der Waals surface area contributed by atoms with Crippen LogP contribution >= 0.6 is 31.9 Å². The van der Waals surface area contributed by atoms with Gasteiger partial charge in [0.2, 0.25) is 0 Å². The van der Waals surface area contributed by atoms with E-state index in [1.54, 1.807) is 29.2 Å². The van der Waals surface area contributed by atoms with Crippen LogP contribution in [0.2, 0.25) is 0 Å². The van der Waals surface area contributed by atoms with E-state index in [2.05, 4.69) is 46.9 Å². The number of halogens is 2. The van der Waals surface area contributed by atoms with Crippen LogP contribution in [0.3, 0.4) is 0 Å². The number of imidazole rings is 1. The molecular formula is C23H16Br2N4O. The molecular weight excluding hydrogens is 508 g/mol. The highest BCUT2D eigenvalue weighted by molar-refractivity contribution is 9.11. The SMILES string of the molecule is Oc1c(Br)cc(Br)cc1C=Nc1nc(-c2ccccc2)cn1N=Cc1ccccc1.